The Hall–Kier alpha value is -2.08. The van der Waals surface area contributed by atoms with E-state index in [1.165, 1.54) is 0 Å². The molecule has 0 bridgehead atoms. The number of aromatic amines is 1. The minimum absolute atomic E-state index is 0.130. The number of benzene rings is 2. The van der Waals surface area contributed by atoms with Gasteiger partial charge in [-0.15, -0.1) is 0 Å². The zero-order valence-electron chi connectivity index (χ0n) is 15.7. The number of nitrogens with one attached hydrogen (secondary N) is 1. The quantitative estimate of drug-likeness (QED) is 0.656. The highest BCUT2D eigenvalue weighted by Gasteiger charge is 2.50. The Kier molecular flexibility index (Phi) is 4.57. The van der Waals surface area contributed by atoms with Gasteiger partial charge < -0.3 is 10.0 Å². The van der Waals surface area contributed by atoms with E-state index in [0.29, 0.717) is 42.4 Å². The molecular formula is C22H21Cl2N3O2. The van der Waals surface area contributed by atoms with E-state index in [1.54, 1.807) is 6.20 Å². The first-order valence-electron chi connectivity index (χ1n) is 9.79. The van der Waals surface area contributed by atoms with Gasteiger partial charge in [0.05, 0.1) is 23.7 Å². The van der Waals surface area contributed by atoms with Crippen molar-refractivity contribution >= 4 is 40.0 Å². The Labute approximate surface area is 178 Å². The number of carbonyl (C=O) groups excluding carboxylic acids is 1. The van der Waals surface area contributed by atoms with Gasteiger partial charge >= 0.3 is 0 Å². The first-order chi connectivity index (χ1) is 13.9. The zero-order chi connectivity index (χ0) is 20.2. The van der Waals surface area contributed by atoms with Gasteiger partial charge in [0.25, 0.3) is 0 Å². The van der Waals surface area contributed by atoms with Crippen molar-refractivity contribution in [3.8, 4) is 0 Å². The molecule has 7 heteroatoms. The molecule has 1 saturated heterocycles. The Morgan fingerprint density at radius 2 is 1.83 bits per heavy atom. The van der Waals surface area contributed by atoms with Gasteiger partial charge in [-0.3, -0.25) is 9.89 Å². The van der Waals surface area contributed by atoms with E-state index in [2.05, 4.69) is 10.2 Å². The molecule has 150 valence electrons. The zero-order valence-corrected chi connectivity index (χ0v) is 17.2. The number of halogens is 2. The van der Waals surface area contributed by atoms with Crippen molar-refractivity contribution in [2.75, 3.05) is 13.1 Å². The first-order valence-corrected chi connectivity index (χ1v) is 10.5. The summed E-state index contributed by atoms with van der Waals surface area (Å²) in [4.78, 5) is 14.7. The van der Waals surface area contributed by atoms with Gasteiger partial charge in [0.15, 0.2) is 0 Å². The van der Waals surface area contributed by atoms with Crippen molar-refractivity contribution in [2.24, 2.45) is 11.8 Å². The third kappa shape index (κ3) is 3.41. The predicted octanol–water partition coefficient (Wildman–Crippen LogP) is 4.17. The van der Waals surface area contributed by atoms with Crippen LogP contribution in [0.25, 0.3) is 10.9 Å². The second-order valence-electron chi connectivity index (χ2n) is 8.35. The van der Waals surface area contributed by atoms with Crippen LogP contribution in [0, 0.1) is 11.8 Å². The molecule has 1 aliphatic heterocycles. The van der Waals surface area contributed by atoms with Gasteiger partial charge in [0.1, 0.15) is 0 Å². The average Bonchev–Trinajstić information content (AvgIpc) is 3.36. The first kappa shape index (κ1) is 18.9. The minimum Gasteiger partial charge on any atom is -0.385 e. The van der Waals surface area contributed by atoms with Crippen LogP contribution in [0.5, 0.6) is 0 Å². The van der Waals surface area contributed by atoms with E-state index < -0.39 is 5.60 Å². The van der Waals surface area contributed by atoms with Crippen LogP contribution < -0.4 is 0 Å². The van der Waals surface area contributed by atoms with Crippen molar-refractivity contribution < 1.29 is 9.90 Å². The van der Waals surface area contributed by atoms with Gasteiger partial charge in [-0.1, -0.05) is 35.3 Å². The lowest BCUT2D eigenvalue weighted by Crippen LogP contribution is -2.33. The third-order valence-corrected chi connectivity index (χ3v) is 6.89. The highest BCUT2D eigenvalue weighted by atomic mass is 35.5. The molecule has 5 nitrogen and oxygen atoms in total. The predicted molar refractivity (Wildman–Crippen MR) is 113 cm³/mol. The van der Waals surface area contributed by atoms with Crippen LogP contribution in [0.15, 0.2) is 42.6 Å². The van der Waals surface area contributed by atoms with Crippen molar-refractivity contribution in [1.82, 2.24) is 15.1 Å². The van der Waals surface area contributed by atoms with Crippen LogP contribution in [-0.4, -0.2) is 39.2 Å². The summed E-state index contributed by atoms with van der Waals surface area (Å²) >= 11 is 12.2. The summed E-state index contributed by atoms with van der Waals surface area (Å²) in [7, 11) is 0. The van der Waals surface area contributed by atoms with E-state index in [0.717, 1.165) is 22.0 Å². The molecule has 29 heavy (non-hydrogen) atoms. The number of aliphatic hydroxyl groups is 1. The number of hydrogen-bond acceptors (Lipinski definition) is 3. The molecule has 1 aliphatic carbocycles. The van der Waals surface area contributed by atoms with Gasteiger partial charge in [-0.05, 0) is 60.1 Å². The molecule has 3 atom stereocenters. The summed E-state index contributed by atoms with van der Waals surface area (Å²) in [5.41, 5.74) is 1.70. The molecule has 5 rings (SSSR count). The van der Waals surface area contributed by atoms with Gasteiger partial charge in [0, 0.05) is 28.5 Å². The number of carbonyl (C=O) groups is 1. The topological polar surface area (TPSA) is 69.2 Å². The molecule has 1 saturated carbocycles. The standard InChI is InChI=1S/C22H21Cl2N3O2/c23-16-3-1-13(2-4-16)5-21(28)27-11-14-8-22(29,9-15(14)12-27)19-6-17(24)7-20-18(19)10-25-26-20/h1-4,6-7,10,14-15,29H,5,8-9,11-12H2,(H,25,26)/t14-,15+,22-. The summed E-state index contributed by atoms with van der Waals surface area (Å²) in [5, 5.41) is 20.7. The van der Waals surface area contributed by atoms with Crippen LogP contribution in [0.4, 0.5) is 0 Å². The Morgan fingerprint density at radius 3 is 2.52 bits per heavy atom. The lowest BCUT2D eigenvalue weighted by Gasteiger charge is -2.27. The van der Waals surface area contributed by atoms with Crippen molar-refractivity contribution in [2.45, 2.75) is 24.9 Å². The van der Waals surface area contributed by atoms with Crippen LogP contribution in [-0.2, 0) is 16.8 Å². The van der Waals surface area contributed by atoms with E-state index in [9.17, 15) is 9.90 Å². The SMILES string of the molecule is O=C(Cc1ccc(Cl)cc1)N1C[C@@H]2C[C@@](O)(c3cc(Cl)cc4[nH]ncc34)C[C@@H]2C1. The molecule has 3 aromatic rings. The molecule has 2 fully saturated rings. The second kappa shape index (κ2) is 7.01. The van der Waals surface area contributed by atoms with Crippen LogP contribution in [0.1, 0.15) is 24.0 Å². The summed E-state index contributed by atoms with van der Waals surface area (Å²) < 4.78 is 0. The third-order valence-electron chi connectivity index (χ3n) is 6.42. The second-order valence-corrected chi connectivity index (χ2v) is 9.22. The molecule has 1 amide bonds. The summed E-state index contributed by atoms with van der Waals surface area (Å²) in [6, 6.07) is 11.1. The lowest BCUT2D eigenvalue weighted by molar-refractivity contribution is -0.130. The van der Waals surface area contributed by atoms with E-state index in [1.807, 2.05) is 41.3 Å². The Balaban J connectivity index is 1.31. The number of amides is 1. The Morgan fingerprint density at radius 1 is 1.14 bits per heavy atom. The molecule has 2 heterocycles. The summed E-state index contributed by atoms with van der Waals surface area (Å²) in [6.45, 7) is 1.38. The van der Waals surface area contributed by atoms with Crippen LogP contribution in [0.2, 0.25) is 10.0 Å². The summed E-state index contributed by atoms with van der Waals surface area (Å²) in [5.74, 6) is 0.704. The number of aromatic nitrogens is 2. The summed E-state index contributed by atoms with van der Waals surface area (Å²) in [6.07, 6.45) is 3.38. The number of likely N-dealkylation sites (tertiary alicyclic amines) is 1. The molecule has 2 aliphatic rings. The highest BCUT2D eigenvalue weighted by Crippen LogP contribution is 2.50. The number of hydrogen-bond donors (Lipinski definition) is 2. The Bertz CT molecular complexity index is 1070. The largest absolute Gasteiger partial charge is 0.385 e. The molecule has 1 aromatic heterocycles. The molecular weight excluding hydrogens is 409 g/mol. The molecule has 0 spiro atoms. The fourth-order valence-corrected chi connectivity index (χ4v) is 5.41. The molecule has 2 aromatic carbocycles. The fraction of sp³-hybridized carbons (Fsp3) is 0.364. The minimum atomic E-state index is -0.937. The number of fused-ring (bicyclic) bond motifs is 2. The van der Waals surface area contributed by atoms with Gasteiger partial charge in [0.2, 0.25) is 5.91 Å². The monoisotopic (exact) mass is 429 g/mol. The highest BCUT2D eigenvalue weighted by molar-refractivity contribution is 6.31. The molecule has 0 unspecified atom stereocenters. The number of nitrogens with zero attached hydrogens (tertiary/aromatic N) is 2. The molecule has 2 N–H and O–H groups in total. The van der Waals surface area contributed by atoms with Crippen molar-refractivity contribution in [3.63, 3.8) is 0 Å². The smallest absolute Gasteiger partial charge is 0.227 e. The van der Waals surface area contributed by atoms with Gasteiger partial charge in [-0.25, -0.2) is 0 Å². The van der Waals surface area contributed by atoms with E-state index >= 15 is 0 Å². The normalized spacial score (nSPS) is 26.2. The average molecular weight is 430 g/mol. The number of H-pyrrole nitrogens is 1. The van der Waals surface area contributed by atoms with E-state index in [4.69, 9.17) is 23.2 Å². The van der Waals surface area contributed by atoms with Crippen molar-refractivity contribution in [1.29, 1.82) is 0 Å². The van der Waals surface area contributed by atoms with E-state index in [-0.39, 0.29) is 17.7 Å². The molecule has 0 radical (unpaired) electrons. The van der Waals surface area contributed by atoms with Gasteiger partial charge in [-0.2, -0.15) is 5.10 Å². The maximum absolute atomic E-state index is 12.7. The van der Waals surface area contributed by atoms with Crippen LogP contribution in [0.3, 0.4) is 0 Å². The fourth-order valence-electron chi connectivity index (χ4n) is 5.07. The van der Waals surface area contributed by atoms with Crippen molar-refractivity contribution in [3.05, 3.63) is 63.8 Å². The lowest BCUT2D eigenvalue weighted by atomic mass is 9.88. The van der Waals surface area contributed by atoms with Crippen LogP contribution >= 0.6 is 23.2 Å². The number of rotatable bonds is 3. The maximum Gasteiger partial charge on any atom is 0.227 e. The maximum atomic E-state index is 12.7.